The van der Waals surface area contributed by atoms with Crippen molar-refractivity contribution in [3.05, 3.63) is 39.4 Å². The van der Waals surface area contributed by atoms with Gasteiger partial charge >= 0.3 is 0 Å². The second kappa shape index (κ2) is 5.39. The van der Waals surface area contributed by atoms with E-state index >= 15 is 0 Å². The lowest BCUT2D eigenvalue weighted by Gasteiger charge is -2.11. The number of carbonyl (C=O) groups excluding carboxylic acids is 2. The molecule has 1 N–H and O–H groups in total. The van der Waals surface area contributed by atoms with Crippen molar-refractivity contribution in [2.24, 2.45) is 0 Å². The van der Waals surface area contributed by atoms with Crippen LogP contribution in [0.3, 0.4) is 0 Å². The van der Waals surface area contributed by atoms with E-state index in [2.05, 4.69) is 5.32 Å². The summed E-state index contributed by atoms with van der Waals surface area (Å²) < 4.78 is 0. The van der Waals surface area contributed by atoms with Crippen LogP contribution < -0.4 is 5.32 Å². The number of carbonyl (C=O) groups is 2. The molecule has 0 aliphatic rings. The van der Waals surface area contributed by atoms with Crippen molar-refractivity contribution in [1.29, 1.82) is 0 Å². The molecule has 1 amide bonds. The zero-order chi connectivity index (χ0) is 13.9. The minimum absolute atomic E-state index is 0.113. The molecule has 0 saturated heterocycles. The summed E-state index contributed by atoms with van der Waals surface area (Å²) in [5, 5.41) is 13.2. The number of hydrogen-bond donors (Lipinski definition) is 1. The number of nitro groups is 1. The standard InChI is InChI=1S/C12H14N2O4/c1-7-10(5-4-6-11(7)14(17)18)12(16)13-8(2)9(3)15/h4-6,8H,1-3H3,(H,13,16). The average molecular weight is 250 g/mol. The molecular formula is C12H14N2O4. The summed E-state index contributed by atoms with van der Waals surface area (Å²) >= 11 is 0. The van der Waals surface area contributed by atoms with Crippen LogP contribution in [-0.2, 0) is 4.79 Å². The molecule has 0 bridgehead atoms. The Morgan fingerprint density at radius 3 is 2.50 bits per heavy atom. The van der Waals surface area contributed by atoms with E-state index in [-0.39, 0.29) is 22.6 Å². The monoisotopic (exact) mass is 250 g/mol. The van der Waals surface area contributed by atoms with Crippen LogP contribution in [0.4, 0.5) is 5.69 Å². The fourth-order valence-electron chi connectivity index (χ4n) is 1.44. The van der Waals surface area contributed by atoms with Crippen molar-refractivity contribution >= 4 is 17.4 Å². The third-order valence-electron chi connectivity index (χ3n) is 2.70. The Bertz CT molecular complexity index is 511. The van der Waals surface area contributed by atoms with Gasteiger partial charge in [-0.05, 0) is 26.8 Å². The van der Waals surface area contributed by atoms with E-state index in [1.54, 1.807) is 6.92 Å². The Balaban J connectivity index is 3.04. The fourth-order valence-corrected chi connectivity index (χ4v) is 1.44. The molecule has 0 saturated carbocycles. The zero-order valence-electron chi connectivity index (χ0n) is 10.4. The molecule has 1 unspecified atom stereocenters. The molecule has 18 heavy (non-hydrogen) atoms. The second-order valence-electron chi connectivity index (χ2n) is 4.01. The van der Waals surface area contributed by atoms with Crippen molar-refractivity contribution in [2.45, 2.75) is 26.8 Å². The van der Waals surface area contributed by atoms with Crippen molar-refractivity contribution in [3.63, 3.8) is 0 Å². The highest BCUT2D eigenvalue weighted by Crippen LogP contribution is 2.20. The third kappa shape index (κ3) is 2.91. The molecule has 1 aromatic carbocycles. The minimum Gasteiger partial charge on any atom is -0.343 e. The predicted octanol–water partition coefficient (Wildman–Crippen LogP) is 1.61. The normalized spacial score (nSPS) is 11.7. The molecule has 0 radical (unpaired) electrons. The van der Waals surface area contributed by atoms with E-state index < -0.39 is 16.9 Å². The lowest BCUT2D eigenvalue weighted by atomic mass is 10.1. The number of ketones is 1. The van der Waals surface area contributed by atoms with Crippen molar-refractivity contribution in [1.82, 2.24) is 5.32 Å². The van der Waals surface area contributed by atoms with Gasteiger partial charge in [-0.15, -0.1) is 0 Å². The lowest BCUT2D eigenvalue weighted by molar-refractivity contribution is -0.385. The highest BCUT2D eigenvalue weighted by Gasteiger charge is 2.19. The second-order valence-corrected chi connectivity index (χ2v) is 4.01. The Morgan fingerprint density at radius 1 is 1.39 bits per heavy atom. The molecule has 0 aliphatic heterocycles. The quantitative estimate of drug-likeness (QED) is 0.649. The van der Waals surface area contributed by atoms with Gasteiger partial charge in [0.2, 0.25) is 0 Å². The van der Waals surface area contributed by atoms with Gasteiger partial charge in [-0.2, -0.15) is 0 Å². The molecule has 1 atom stereocenters. The van der Waals surface area contributed by atoms with Crippen LogP contribution >= 0.6 is 0 Å². The van der Waals surface area contributed by atoms with E-state index in [4.69, 9.17) is 0 Å². The number of nitrogens with zero attached hydrogens (tertiary/aromatic N) is 1. The number of Topliss-reactive ketones (excluding diaryl/α,β-unsaturated/α-hetero) is 1. The fraction of sp³-hybridized carbons (Fsp3) is 0.333. The first-order valence-electron chi connectivity index (χ1n) is 5.40. The molecule has 0 aromatic heterocycles. The molecule has 0 fully saturated rings. The highest BCUT2D eigenvalue weighted by molar-refractivity contribution is 5.99. The third-order valence-corrected chi connectivity index (χ3v) is 2.70. The van der Waals surface area contributed by atoms with Crippen LogP contribution in [0.1, 0.15) is 29.8 Å². The average Bonchev–Trinajstić information content (AvgIpc) is 2.28. The molecule has 6 heteroatoms. The number of nitrogens with one attached hydrogen (secondary N) is 1. The maximum Gasteiger partial charge on any atom is 0.273 e. The van der Waals surface area contributed by atoms with Crippen LogP contribution in [0.15, 0.2) is 18.2 Å². The molecule has 96 valence electrons. The number of nitro benzene ring substituents is 1. The molecule has 0 heterocycles. The van der Waals surface area contributed by atoms with Gasteiger partial charge in [0.1, 0.15) is 0 Å². The predicted molar refractivity (Wildman–Crippen MR) is 65.4 cm³/mol. The van der Waals surface area contributed by atoms with Crippen molar-refractivity contribution in [2.75, 3.05) is 0 Å². The van der Waals surface area contributed by atoms with Crippen molar-refractivity contribution < 1.29 is 14.5 Å². The van der Waals surface area contributed by atoms with Crippen LogP contribution in [0.5, 0.6) is 0 Å². The van der Waals surface area contributed by atoms with Gasteiger partial charge in [-0.1, -0.05) is 6.07 Å². The molecule has 0 aliphatic carbocycles. The number of hydrogen-bond acceptors (Lipinski definition) is 4. The summed E-state index contributed by atoms with van der Waals surface area (Å²) in [6.07, 6.45) is 0. The Labute approximate surface area is 104 Å². The molecule has 0 spiro atoms. The number of rotatable bonds is 4. The number of benzene rings is 1. The minimum atomic E-state index is -0.615. The Morgan fingerprint density at radius 2 is 2.00 bits per heavy atom. The van der Waals surface area contributed by atoms with E-state index in [9.17, 15) is 19.7 Å². The first-order chi connectivity index (χ1) is 8.34. The van der Waals surface area contributed by atoms with Gasteiger partial charge in [0.15, 0.2) is 5.78 Å². The topological polar surface area (TPSA) is 89.3 Å². The lowest BCUT2D eigenvalue weighted by Crippen LogP contribution is -2.37. The van der Waals surface area contributed by atoms with Gasteiger partial charge in [0.05, 0.1) is 11.0 Å². The van der Waals surface area contributed by atoms with E-state index in [1.807, 2.05) is 0 Å². The van der Waals surface area contributed by atoms with E-state index in [1.165, 1.54) is 32.0 Å². The van der Waals surface area contributed by atoms with Crippen LogP contribution in [-0.4, -0.2) is 22.7 Å². The maximum atomic E-state index is 11.9. The number of amides is 1. The molecule has 1 aromatic rings. The summed E-state index contributed by atoms with van der Waals surface area (Å²) in [5.41, 5.74) is 0.381. The van der Waals surface area contributed by atoms with Crippen molar-refractivity contribution in [3.8, 4) is 0 Å². The largest absolute Gasteiger partial charge is 0.343 e. The summed E-state index contributed by atoms with van der Waals surface area (Å²) in [7, 11) is 0. The van der Waals surface area contributed by atoms with Gasteiger partial charge in [0.25, 0.3) is 11.6 Å². The van der Waals surface area contributed by atoms with Crippen LogP contribution in [0.2, 0.25) is 0 Å². The zero-order valence-corrected chi connectivity index (χ0v) is 10.4. The first-order valence-corrected chi connectivity index (χ1v) is 5.40. The maximum absolute atomic E-state index is 11.9. The van der Waals surface area contributed by atoms with Gasteiger partial charge in [-0.3, -0.25) is 19.7 Å². The van der Waals surface area contributed by atoms with E-state index in [0.717, 1.165) is 0 Å². The Hall–Kier alpha value is -2.24. The summed E-state index contributed by atoms with van der Waals surface area (Å²) in [4.78, 5) is 33.1. The highest BCUT2D eigenvalue weighted by atomic mass is 16.6. The SMILES string of the molecule is CC(=O)C(C)NC(=O)c1cccc([N+](=O)[O-])c1C. The van der Waals surface area contributed by atoms with Crippen LogP contribution in [0.25, 0.3) is 0 Å². The molecule has 6 nitrogen and oxygen atoms in total. The summed E-state index contributed by atoms with van der Waals surface area (Å²) in [5.74, 6) is -0.662. The van der Waals surface area contributed by atoms with Gasteiger partial charge < -0.3 is 5.32 Å². The Kier molecular flexibility index (Phi) is 4.14. The summed E-state index contributed by atoms with van der Waals surface area (Å²) in [6, 6.07) is 3.65. The molecular weight excluding hydrogens is 236 g/mol. The summed E-state index contributed by atoms with van der Waals surface area (Å²) in [6.45, 7) is 4.43. The first kappa shape index (κ1) is 13.8. The smallest absolute Gasteiger partial charge is 0.273 e. The van der Waals surface area contributed by atoms with Gasteiger partial charge in [0, 0.05) is 17.2 Å². The van der Waals surface area contributed by atoms with Crippen LogP contribution in [0, 0.1) is 17.0 Å². The van der Waals surface area contributed by atoms with E-state index in [0.29, 0.717) is 0 Å². The van der Waals surface area contributed by atoms with Gasteiger partial charge in [-0.25, -0.2) is 0 Å². The molecule has 1 rings (SSSR count).